The largest absolute Gasteiger partial charge is 0.465 e. The Bertz CT molecular complexity index is 918. The second kappa shape index (κ2) is 6.01. The summed E-state index contributed by atoms with van der Waals surface area (Å²) >= 11 is 6.47. The molecule has 7 nitrogen and oxygen atoms in total. The standard InChI is InChI=1S/C16H13ClN2O5/c1-19-9-7-5-4-6-8(9)11(17)13(19)12-10(15(20)22-2)14(24-18-12)16(21)23-3/h4-7H,1-3H3. The number of para-hydroxylation sites is 1. The van der Waals surface area contributed by atoms with Crippen molar-refractivity contribution in [2.24, 2.45) is 7.05 Å². The first-order valence-corrected chi connectivity index (χ1v) is 7.28. The number of aromatic nitrogens is 2. The Morgan fingerprint density at radius 3 is 2.46 bits per heavy atom. The molecule has 24 heavy (non-hydrogen) atoms. The van der Waals surface area contributed by atoms with Gasteiger partial charge in [0.2, 0.25) is 0 Å². The van der Waals surface area contributed by atoms with E-state index in [0.717, 1.165) is 10.9 Å². The second-order valence-corrected chi connectivity index (χ2v) is 5.34. The van der Waals surface area contributed by atoms with Crippen LogP contribution in [0.15, 0.2) is 28.8 Å². The van der Waals surface area contributed by atoms with Gasteiger partial charge in [0.25, 0.3) is 5.76 Å². The fourth-order valence-corrected chi connectivity index (χ4v) is 2.96. The normalized spacial score (nSPS) is 10.8. The minimum atomic E-state index is -0.830. The van der Waals surface area contributed by atoms with Crippen molar-refractivity contribution in [1.29, 1.82) is 0 Å². The molecule has 124 valence electrons. The van der Waals surface area contributed by atoms with E-state index in [4.69, 9.17) is 20.9 Å². The van der Waals surface area contributed by atoms with Crippen molar-refractivity contribution in [2.75, 3.05) is 14.2 Å². The van der Waals surface area contributed by atoms with Gasteiger partial charge in [-0.25, -0.2) is 9.59 Å². The summed E-state index contributed by atoms with van der Waals surface area (Å²) in [5, 5.41) is 5.04. The topological polar surface area (TPSA) is 83.6 Å². The smallest absolute Gasteiger partial charge is 0.377 e. The Morgan fingerprint density at radius 2 is 1.83 bits per heavy atom. The van der Waals surface area contributed by atoms with E-state index in [1.165, 1.54) is 14.2 Å². The Balaban J connectivity index is 2.33. The summed E-state index contributed by atoms with van der Waals surface area (Å²) in [6, 6.07) is 7.44. The number of hydrogen-bond acceptors (Lipinski definition) is 6. The molecule has 8 heteroatoms. The van der Waals surface area contributed by atoms with Crippen LogP contribution in [0.25, 0.3) is 22.3 Å². The van der Waals surface area contributed by atoms with Crippen LogP contribution in [0.5, 0.6) is 0 Å². The zero-order chi connectivity index (χ0) is 17.4. The molecular weight excluding hydrogens is 336 g/mol. The predicted molar refractivity (Wildman–Crippen MR) is 86.1 cm³/mol. The third-order valence-corrected chi connectivity index (χ3v) is 4.10. The van der Waals surface area contributed by atoms with E-state index in [9.17, 15) is 9.59 Å². The van der Waals surface area contributed by atoms with E-state index in [0.29, 0.717) is 10.7 Å². The Labute approximate surface area is 141 Å². The van der Waals surface area contributed by atoms with Crippen LogP contribution in [-0.2, 0) is 16.5 Å². The third-order valence-electron chi connectivity index (χ3n) is 3.72. The van der Waals surface area contributed by atoms with Gasteiger partial charge in [0.1, 0.15) is 11.3 Å². The molecule has 0 spiro atoms. The minimum Gasteiger partial charge on any atom is -0.465 e. The third kappa shape index (κ3) is 2.25. The first-order chi connectivity index (χ1) is 11.5. The molecule has 0 aliphatic carbocycles. The van der Waals surface area contributed by atoms with Gasteiger partial charge >= 0.3 is 11.9 Å². The molecule has 2 heterocycles. The van der Waals surface area contributed by atoms with Gasteiger partial charge in [-0.05, 0) is 6.07 Å². The lowest BCUT2D eigenvalue weighted by atomic mass is 10.1. The molecule has 3 aromatic rings. The Kier molecular flexibility index (Phi) is 4.02. The number of rotatable bonds is 3. The van der Waals surface area contributed by atoms with Gasteiger partial charge in [-0.1, -0.05) is 35.0 Å². The Hall–Kier alpha value is -2.80. The summed E-state index contributed by atoms with van der Waals surface area (Å²) in [6.07, 6.45) is 0. The zero-order valence-electron chi connectivity index (χ0n) is 13.1. The van der Waals surface area contributed by atoms with Crippen LogP contribution in [0.4, 0.5) is 0 Å². The first kappa shape index (κ1) is 16.1. The number of carbonyl (C=O) groups excluding carboxylic acids is 2. The second-order valence-electron chi connectivity index (χ2n) is 4.96. The van der Waals surface area contributed by atoms with Crippen molar-refractivity contribution in [1.82, 2.24) is 9.72 Å². The van der Waals surface area contributed by atoms with E-state index in [1.54, 1.807) is 11.6 Å². The summed E-state index contributed by atoms with van der Waals surface area (Å²) in [7, 11) is 4.15. The molecule has 2 aromatic heterocycles. The van der Waals surface area contributed by atoms with Crippen molar-refractivity contribution in [3.63, 3.8) is 0 Å². The number of nitrogens with zero attached hydrogens (tertiary/aromatic N) is 2. The highest BCUT2D eigenvalue weighted by molar-refractivity contribution is 6.38. The summed E-state index contributed by atoms with van der Waals surface area (Å²) in [5.41, 5.74) is 1.27. The fourth-order valence-electron chi connectivity index (χ4n) is 2.58. The molecule has 1 aromatic carbocycles. The number of esters is 2. The number of benzene rings is 1. The van der Waals surface area contributed by atoms with Gasteiger partial charge in [-0.3, -0.25) is 0 Å². The number of carbonyl (C=O) groups is 2. The summed E-state index contributed by atoms with van der Waals surface area (Å²) in [4.78, 5) is 24.0. The number of halogens is 1. The number of fused-ring (bicyclic) bond motifs is 1. The maximum atomic E-state index is 12.2. The van der Waals surface area contributed by atoms with Gasteiger partial charge in [0.15, 0.2) is 0 Å². The SMILES string of the molecule is COC(=O)c1onc(-c2c(Cl)c3ccccc3n2C)c1C(=O)OC. The van der Waals surface area contributed by atoms with E-state index < -0.39 is 11.9 Å². The van der Waals surface area contributed by atoms with Crippen LogP contribution in [0.1, 0.15) is 20.9 Å². The number of methoxy groups -OCH3 is 2. The average molecular weight is 349 g/mol. The fraction of sp³-hybridized carbons (Fsp3) is 0.188. The molecule has 0 unspecified atom stereocenters. The number of ether oxygens (including phenoxy) is 2. The zero-order valence-corrected chi connectivity index (χ0v) is 13.9. The average Bonchev–Trinajstić information content (AvgIpc) is 3.14. The van der Waals surface area contributed by atoms with Gasteiger partial charge in [-0.2, -0.15) is 0 Å². The lowest BCUT2D eigenvalue weighted by Gasteiger charge is -2.04. The highest BCUT2D eigenvalue weighted by Crippen LogP contribution is 2.38. The quantitative estimate of drug-likeness (QED) is 0.676. The van der Waals surface area contributed by atoms with Crippen LogP contribution in [0.3, 0.4) is 0 Å². The number of aryl methyl sites for hydroxylation is 1. The van der Waals surface area contributed by atoms with Crippen molar-refractivity contribution in [3.8, 4) is 11.4 Å². The van der Waals surface area contributed by atoms with Gasteiger partial charge < -0.3 is 18.6 Å². The van der Waals surface area contributed by atoms with Gasteiger partial charge in [0, 0.05) is 18.0 Å². The van der Waals surface area contributed by atoms with Crippen LogP contribution in [0, 0.1) is 0 Å². The molecule has 3 rings (SSSR count). The van der Waals surface area contributed by atoms with Crippen molar-refractivity contribution >= 4 is 34.4 Å². The highest BCUT2D eigenvalue weighted by Gasteiger charge is 2.32. The van der Waals surface area contributed by atoms with Gasteiger partial charge in [-0.15, -0.1) is 0 Å². The van der Waals surface area contributed by atoms with E-state index in [-0.39, 0.29) is 17.0 Å². The van der Waals surface area contributed by atoms with E-state index in [2.05, 4.69) is 9.89 Å². The highest BCUT2D eigenvalue weighted by atomic mass is 35.5. The molecule has 0 saturated carbocycles. The molecule has 0 fully saturated rings. The Morgan fingerprint density at radius 1 is 1.17 bits per heavy atom. The van der Waals surface area contributed by atoms with Crippen LogP contribution >= 0.6 is 11.6 Å². The van der Waals surface area contributed by atoms with Gasteiger partial charge in [0.05, 0.1) is 24.9 Å². The maximum absolute atomic E-state index is 12.2. The summed E-state index contributed by atoms with van der Waals surface area (Å²) < 4.78 is 16.2. The molecule has 0 N–H and O–H groups in total. The van der Waals surface area contributed by atoms with Crippen molar-refractivity contribution in [3.05, 3.63) is 40.6 Å². The van der Waals surface area contributed by atoms with E-state index >= 15 is 0 Å². The molecular formula is C16H13ClN2O5. The maximum Gasteiger partial charge on any atom is 0.377 e. The first-order valence-electron chi connectivity index (χ1n) is 6.90. The lowest BCUT2D eigenvalue weighted by molar-refractivity contribution is 0.0521. The minimum absolute atomic E-state index is 0.117. The molecule has 0 amide bonds. The summed E-state index contributed by atoms with van der Waals surface area (Å²) in [6.45, 7) is 0. The summed E-state index contributed by atoms with van der Waals surface area (Å²) in [5.74, 6) is -1.93. The van der Waals surface area contributed by atoms with Crippen LogP contribution in [0.2, 0.25) is 5.02 Å². The molecule has 0 radical (unpaired) electrons. The monoisotopic (exact) mass is 348 g/mol. The molecule has 0 aliphatic heterocycles. The van der Waals surface area contributed by atoms with Crippen molar-refractivity contribution in [2.45, 2.75) is 0 Å². The van der Waals surface area contributed by atoms with Crippen LogP contribution < -0.4 is 0 Å². The van der Waals surface area contributed by atoms with Crippen LogP contribution in [-0.4, -0.2) is 35.9 Å². The lowest BCUT2D eigenvalue weighted by Crippen LogP contribution is -2.11. The molecule has 0 aliphatic rings. The van der Waals surface area contributed by atoms with Crippen molar-refractivity contribution < 1.29 is 23.6 Å². The molecule has 0 bridgehead atoms. The molecule has 0 saturated heterocycles. The molecule has 0 atom stereocenters. The van der Waals surface area contributed by atoms with E-state index in [1.807, 2.05) is 24.3 Å². The predicted octanol–water partition coefficient (Wildman–Crippen LogP) is 3.06. The number of hydrogen-bond donors (Lipinski definition) is 0.